The summed E-state index contributed by atoms with van der Waals surface area (Å²) in [7, 11) is 0. The van der Waals surface area contributed by atoms with Gasteiger partial charge in [0.1, 0.15) is 0 Å². The molecule has 0 nitrogen and oxygen atoms in total. The summed E-state index contributed by atoms with van der Waals surface area (Å²) in [5.74, 6) is 0.784. The SMILES string of the molecule is Cc1cccc(C(S)CS)c1. The Kier molecular flexibility index (Phi) is 3.34. The van der Waals surface area contributed by atoms with Crippen molar-refractivity contribution in [2.75, 3.05) is 5.75 Å². The maximum absolute atomic E-state index is 4.39. The Morgan fingerprint density at radius 3 is 2.73 bits per heavy atom. The second-order valence-electron chi connectivity index (χ2n) is 2.61. The van der Waals surface area contributed by atoms with Gasteiger partial charge in [0.05, 0.1) is 0 Å². The molecule has 0 aliphatic carbocycles. The van der Waals surface area contributed by atoms with Gasteiger partial charge in [0.15, 0.2) is 0 Å². The standard InChI is InChI=1S/C9H12S2/c1-7-3-2-4-8(5-7)9(11)6-10/h2-5,9-11H,6H2,1H3. The van der Waals surface area contributed by atoms with Crippen molar-refractivity contribution in [1.82, 2.24) is 0 Å². The Labute approximate surface area is 78.8 Å². The maximum atomic E-state index is 4.39. The molecule has 0 bridgehead atoms. The molecular weight excluding hydrogens is 172 g/mol. The monoisotopic (exact) mass is 184 g/mol. The molecule has 0 aromatic heterocycles. The van der Waals surface area contributed by atoms with E-state index in [4.69, 9.17) is 0 Å². The third kappa shape index (κ3) is 2.46. The second-order valence-corrected chi connectivity index (χ2v) is 3.60. The summed E-state index contributed by atoms with van der Waals surface area (Å²) in [4.78, 5) is 0. The average Bonchev–Trinajstić information content (AvgIpc) is 2.03. The Hall–Kier alpha value is -0.0800. The van der Waals surface area contributed by atoms with Gasteiger partial charge in [0, 0.05) is 11.0 Å². The zero-order valence-corrected chi connectivity index (χ0v) is 8.28. The molecule has 0 aliphatic heterocycles. The van der Waals surface area contributed by atoms with Gasteiger partial charge in [0.25, 0.3) is 0 Å². The van der Waals surface area contributed by atoms with Crippen LogP contribution in [-0.4, -0.2) is 5.75 Å². The number of hydrogen-bond donors (Lipinski definition) is 2. The van der Waals surface area contributed by atoms with Crippen molar-refractivity contribution >= 4 is 25.3 Å². The van der Waals surface area contributed by atoms with Crippen LogP contribution in [0.25, 0.3) is 0 Å². The van der Waals surface area contributed by atoms with Crippen LogP contribution in [0.1, 0.15) is 16.4 Å². The largest absolute Gasteiger partial charge is 0.178 e. The van der Waals surface area contributed by atoms with Gasteiger partial charge in [-0.3, -0.25) is 0 Å². The van der Waals surface area contributed by atoms with Crippen LogP contribution in [0, 0.1) is 6.92 Å². The van der Waals surface area contributed by atoms with Crippen molar-refractivity contribution in [3.8, 4) is 0 Å². The van der Waals surface area contributed by atoms with Gasteiger partial charge < -0.3 is 0 Å². The first kappa shape index (κ1) is 9.01. The van der Waals surface area contributed by atoms with Gasteiger partial charge in [-0.15, -0.1) is 0 Å². The molecule has 0 saturated carbocycles. The molecular formula is C9H12S2. The number of thiol groups is 2. The first-order valence-corrected chi connectivity index (χ1v) is 4.74. The fraction of sp³-hybridized carbons (Fsp3) is 0.333. The first-order valence-electron chi connectivity index (χ1n) is 3.59. The quantitative estimate of drug-likeness (QED) is 0.649. The van der Waals surface area contributed by atoms with E-state index in [9.17, 15) is 0 Å². The number of benzene rings is 1. The molecule has 0 radical (unpaired) electrons. The maximum Gasteiger partial charge on any atom is 0.0355 e. The highest BCUT2D eigenvalue weighted by molar-refractivity contribution is 7.84. The lowest BCUT2D eigenvalue weighted by Gasteiger charge is -2.07. The van der Waals surface area contributed by atoms with E-state index in [1.54, 1.807) is 0 Å². The minimum absolute atomic E-state index is 0.262. The Balaban J connectivity index is 2.86. The van der Waals surface area contributed by atoms with Crippen LogP contribution in [-0.2, 0) is 0 Å². The molecule has 0 fully saturated rings. The van der Waals surface area contributed by atoms with Crippen LogP contribution in [0.5, 0.6) is 0 Å². The Morgan fingerprint density at radius 1 is 1.45 bits per heavy atom. The van der Waals surface area contributed by atoms with Crippen LogP contribution in [0.3, 0.4) is 0 Å². The molecule has 60 valence electrons. The molecule has 1 aromatic carbocycles. The summed E-state index contributed by atoms with van der Waals surface area (Å²) in [5, 5.41) is 0.262. The summed E-state index contributed by atoms with van der Waals surface area (Å²) in [6, 6.07) is 8.37. The molecule has 1 rings (SSSR count). The highest BCUT2D eigenvalue weighted by atomic mass is 32.1. The molecule has 2 heteroatoms. The van der Waals surface area contributed by atoms with Crippen LogP contribution in [0.15, 0.2) is 24.3 Å². The summed E-state index contributed by atoms with van der Waals surface area (Å²) in [5.41, 5.74) is 2.53. The lowest BCUT2D eigenvalue weighted by molar-refractivity contribution is 1.13. The van der Waals surface area contributed by atoms with Crippen molar-refractivity contribution in [2.45, 2.75) is 12.2 Å². The van der Waals surface area contributed by atoms with E-state index in [1.165, 1.54) is 11.1 Å². The third-order valence-electron chi connectivity index (χ3n) is 1.60. The zero-order valence-electron chi connectivity index (χ0n) is 6.49. The van der Waals surface area contributed by atoms with Gasteiger partial charge in [-0.2, -0.15) is 25.3 Å². The molecule has 0 spiro atoms. The highest BCUT2D eigenvalue weighted by Crippen LogP contribution is 2.21. The van der Waals surface area contributed by atoms with Crippen LogP contribution < -0.4 is 0 Å². The van der Waals surface area contributed by atoms with E-state index in [0.29, 0.717) is 0 Å². The van der Waals surface area contributed by atoms with Gasteiger partial charge in [0.2, 0.25) is 0 Å². The lowest BCUT2D eigenvalue weighted by Crippen LogP contribution is -1.91. The second kappa shape index (κ2) is 4.07. The molecule has 0 saturated heterocycles. The van der Waals surface area contributed by atoms with E-state index in [-0.39, 0.29) is 5.25 Å². The number of hydrogen-bond acceptors (Lipinski definition) is 2. The highest BCUT2D eigenvalue weighted by Gasteiger charge is 2.02. The van der Waals surface area contributed by atoms with Gasteiger partial charge in [-0.25, -0.2) is 0 Å². The fourth-order valence-electron chi connectivity index (χ4n) is 0.983. The summed E-state index contributed by atoms with van der Waals surface area (Å²) < 4.78 is 0. The Bertz CT molecular complexity index is 233. The van der Waals surface area contributed by atoms with Crippen molar-refractivity contribution < 1.29 is 0 Å². The predicted octanol–water partition coefficient (Wildman–Crippen LogP) is 2.90. The molecule has 1 atom stereocenters. The average molecular weight is 184 g/mol. The van der Waals surface area contributed by atoms with Crippen LogP contribution >= 0.6 is 25.3 Å². The van der Waals surface area contributed by atoms with E-state index >= 15 is 0 Å². The molecule has 0 amide bonds. The molecule has 0 aliphatic rings. The van der Waals surface area contributed by atoms with Crippen molar-refractivity contribution in [3.63, 3.8) is 0 Å². The Morgan fingerprint density at radius 2 is 2.18 bits per heavy atom. The third-order valence-corrected chi connectivity index (χ3v) is 2.73. The van der Waals surface area contributed by atoms with Crippen molar-refractivity contribution in [2.24, 2.45) is 0 Å². The molecule has 0 heterocycles. The minimum Gasteiger partial charge on any atom is -0.178 e. The van der Waals surface area contributed by atoms with Crippen molar-refractivity contribution in [3.05, 3.63) is 35.4 Å². The van der Waals surface area contributed by atoms with E-state index in [2.05, 4.69) is 56.4 Å². The smallest absolute Gasteiger partial charge is 0.0355 e. The number of aryl methyl sites for hydroxylation is 1. The lowest BCUT2D eigenvalue weighted by atomic mass is 10.1. The molecule has 0 N–H and O–H groups in total. The molecule has 11 heavy (non-hydrogen) atoms. The summed E-state index contributed by atoms with van der Waals surface area (Å²) in [6.45, 7) is 2.09. The normalized spacial score (nSPS) is 13.0. The summed E-state index contributed by atoms with van der Waals surface area (Å²) >= 11 is 8.58. The zero-order chi connectivity index (χ0) is 8.27. The fourth-order valence-corrected chi connectivity index (χ4v) is 1.35. The van der Waals surface area contributed by atoms with Crippen molar-refractivity contribution in [1.29, 1.82) is 0 Å². The van der Waals surface area contributed by atoms with E-state index < -0.39 is 0 Å². The van der Waals surface area contributed by atoms with E-state index in [0.717, 1.165) is 5.75 Å². The first-order chi connectivity index (χ1) is 5.24. The molecule has 1 unspecified atom stereocenters. The van der Waals surface area contributed by atoms with Gasteiger partial charge in [-0.1, -0.05) is 29.8 Å². The van der Waals surface area contributed by atoms with E-state index in [1.807, 2.05) is 0 Å². The van der Waals surface area contributed by atoms with Gasteiger partial charge in [-0.05, 0) is 12.5 Å². The predicted molar refractivity (Wildman–Crippen MR) is 56.8 cm³/mol. The van der Waals surface area contributed by atoms with Crippen LogP contribution in [0.2, 0.25) is 0 Å². The topological polar surface area (TPSA) is 0 Å². The molecule has 1 aromatic rings. The number of rotatable bonds is 2. The summed E-state index contributed by atoms with van der Waals surface area (Å²) in [6.07, 6.45) is 0. The van der Waals surface area contributed by atoms with Crippen LogP contribution in [0.4, 0.5) is 0 Å². The minimum atomic E-state index is 0.262. The van der Waals surface area contributed by atoms with Gasteiger partial charge >= 0.3 is 0 Å².